The predicted octanol–water partition coefficient (Wildman–Crippen LogP) is 5.48. The van der Waals surface area contributed by atoms with Crippen LogP contribution in [0, 0.1) is 34.6 Å². The van der Waals surface area contributed by atoms with Crippen molar-refractivity contribution in [2.45, 2.75) is 40.8 Å². The molecule has 0 amide bonds. The van der Waals surface area contributed by atoms with Crippen molar-refractivity contribution in [1.29, 1.82) is 0 Å². The van der Waals surface area contributed by atoms with Gasteiger partial charge < -0.3 is 0 Å². The summed E-state index contributed by atoms with van der Waals surface area (Å²) in [6.45, 7) is 9.33. The number of hydrogen-bond donors (Lipinski definition) is 0. The van der Waals surface area contributed by atoms with Crippen molar-refractivity contribution in [2.24, 2.45) is 0 Å². The molecule has 0 heterocycles. The van der Waals surface area contributed by atoms with Gasteiger partial charge in [0.15, 0.2) is 5.78 Å². The third kappa shape index (κ3) is 2.90. The highest BCUT2D eigenvalue weighted by atomic mass is 19.4. The van der Waals surface area contributed by atoms with Gasteiger partial charge in [-0.1, -0.05) is 18.2 Å². The van der Waals surface area contributed by atoms with E-state index in [-0.39, 0.29) is 5.56 Å². The molecule has 4 heteroatoms. The summed E-state index contributed by atoms with van der Waals surface area (Å²) < 4.78 is 39.6. The molecule has 0 fully saturated rings. The topological polar surface area (TPSA) is 17.1 Å². The zero-order valence-electron chi connectivity index (χ0n) is 13.9. The lowest BCUT2D eigenvalue weighted by molar-refractivity contribution is -0.137. The molecule has 0 aliphatic carbocycles. The highest BCUT2D eigenvalue weighted by Gasteiger charge is 2.35. The van der Waals surface area contributed by atoms with E-state index in [0.717, 1.165) is 33.9 Å². The Hall–Kier alpha value is -2.10. The van der Waals surface area contributed by atoms with E-state index in [4.69, 9.17) is 0 Å². The number of benzene rings is 2. The van der Waals surface area contributed by atoms with Crippen LogP contribution in [0.3, 0.4) is 0 Å². The molecule has 0 saturated carbocycles. The van der Waals surface area contributed by atoms with Gasteiger partial charge in [0.2, 0.25) is 0 Å². The van der Waals surface area contributed by atoms with Gasteiger partial charge in [0.05, 0.1) is 5.56 Å². The Morgan fingerprint density at radius 2 is 1.22 bits per heavy atom. The van der Waals surface area contributed by atoms with E-state index >= 15 is 0 Å². The minimum atomic E-state index is -4.55. The normalized spacial score (nSPS) is 11.7. The van der Waals surface area contributed by atoms with Crippen LogP contribution in [0.25, 0.3) is 0 Å². The van der Waals surface area contributed by atoms with Crippen molar-refractivity contribution < 1.29 is 18.0 Å². The van der Waals surface area contributed by atoms with Crippen molar-refractivity contribution >= 4 is 5.78 Å². The monoisotopic (exact) mass is 320 g/mol. The first-order chi connectivity index (χ1) is 10.6. The average Bonchev–Trinajstić information content (AvgIpc) is 2.50. The standard InChI is InChI=1S/C19H19F3O/c1-10-11(2)13(4)17(14(5)12(10)3)18(23)15-8-6-7-9-16(15)19(20,21)22/h6-9H,1-5H3. The summed E-state index contributed by atoms with van der Waals surface area (Å²) in [7, 11) is 0. The third-order valence-corrected chi connectivity index (χ3v) is 4.70. The molecule has 2 aromatic rings. The molecule has 0 spiro atoms. The Morgan fingerprint density at radius 1 is 0.783 bits per heavy atom. The summed E-state index contributed by atoms with van der Waals surface area (Å²) in [4.78, 5) is 12.9. The Kier molecular flexibility index (Phi) is 4.38. The Morgan fingerprint density at radius 3 is 1.70 bits per heavy atom. The van der Waals surface area contributed by atoms with Crippen LogP contribution in [0.15, 0.2) is 24.3 Å². The molecule has 0 saturated heterocycles. The highest BCUT2D eigenvalue weighted by Crippen LogP contribution is 2.35. The number of alkyl halides is 3. The second-order valence-corrected chi connectivity index (χ2v) is 5.87. The first kappa shape index (κ1) is 17.3. The number of carbonyl (C=O) groups is 1. The zero-order valence-corrected chi connectivity index (χ0v) is 13.9. The van der Waals surface area contributed by atoms with Gasteiger partial charge in [0.1, 0.15) is 0 Å². The van der Waals surface area contributed by atoms with E-state index < -0.39 is 17.5 Å². The molecule has 0 N–H and O–H groups in total. The summed E-state index contributed by atoms with van der Waals surface area (Å²) in [6, 6.07) is 4.95. The predicted molar refractivity (Wildman–Crippen MR) is 85.0 cm³/mol. The van der Waals surface area contributed by atoms with Crippen LogP contribution in [-0.4, -0.2) is 5.78 Å². The molecule has 0 radical (unpaired) electrons. The molecule has 2 aromatic carbocycles. The third-order valence-electron chi connectivity index (χ3n) is 4.70. The molecule has 0 unspecified atom stereocenters. The van der Waals surface area contributed by atoms with E-state index in [1.54, 1.807) is 13.8 Å². The van der Waals surface area contributed by atoms with Gasteiger partial charge in [-0.05, 0) is 68.5 Å². The first-order valence-corrected chi connectivity index (χ1v) is 7.35. The number of ketones is 1. The van der Waals surface area contributed by atoms with Crippen LogP contribution in [0.2, 0.25) is 0 Å². The second kappa shape index (κ2) is 5.84. The van der Waals surface area contributed by atoms with E-state index in [1.165, 1.54) is 18.2 Å². The van der Waals surface area contributed by atoms with Crippen molar-refractivity contribution in [1.82, 2.24) is 0 Å². The first-order valence-electron chi connectivity index (χ1n) is 7.35. The fourth-order valence-corrected chi connectivity index (χ4v) is 2.90. The van der Waals surface area contributed by atoms with E-state index in [9.17, 15) is 18.0 Å². The van der Waals surface area contributed by atoms with Crippen LogP contribution in [0.1, 0.15) is 49.3 Å². The van der Waals surface area contributed by atoms with Gasteiger partial charge in [-0.25, -0.2) is 0 Å². The Bertz CT molecular complexity index is 757. The van der Waals surface area contributed by atoms with Crippen molar-refractivity contribution in [3.05, 3.63) is 68.8 Å². The number of halogens is 3. The van der Waals surface area contributed by atoms with Gasteiger partial charge in [-0.3, -0.25) is 4.79 Å². The molecule has 2 rings (SSSR count). The molecule has 23 heavy (non-hydrogen) atoms. The van der Waals surface area contributed by atoms with E-state index in [1.807, 2.05) is 20.8 Å². The van der Waals surface area contributed by atoms with E-state index in [2.05, 4.69) is 0 Å². The second-order valence-electron chi connectivity index (χ2n) is 5.87. The lowest BCUT2D eigenvalue weighted by Crippen LogP contribution is -2.16. The van der Waals surface area contributed by atoms with E-state index in [0.29, 0.717) is 5.56 Å². The Labute approximate surface area is 134 Å². The SMILES string of the molecule is Cc1c(C)c(C)c(C(=O)c2ccccc2C(F)(F)F)c(C)c1C. The van der Waals surface area contributed by atoms with Crippen molar-refractivity contribution in [3.63, 3.8) is 0 Å². The van der Waals surface area contributed by atoms with Crippen LogP contribution in [0.5, 0.6) is 0 Å². The summed E-state index contributed by atoms with van der Waals surface area (Å²) in [5.41, 5.74) is 3.64. The largest absolute Gasteiger partial charge is 0.417 e. The maximum Gasteiger partial charge on any atom is 0.417 e. The molecule has 0 aliphatic rings. The molecule has 122 valence electrons. The minimum Gasteiger partial charge on any atom is -0.289 e. The van der Waals surface area contributed by atoms with Gasteiger partial charge in [0, 0.05) is 11.1 Å². The smallest absolute Gasteiger partial charge is 0.289 e. The van der Waals surface area contributed by atoms with Crippen molar-refractivity contribution in [3.8, 4) is 0 Å². The maximum absolute atomic E-state index is 13.2. The quantitative estimate of drug-likeness (QED) is 0.670. The highest BCUT2D eigenvalue weighted by molar-refractivity contribution is 6.12. The van der Waals surface area contributed by atoms with Crippen LogP contribution >= 0.6 is 0 Å². The van der Waals surface area contributed by atoms with Gasteiger partial charge >= 0.3 is 6.18 Å². The summed E-state index contributed by atoms with van der Waals surface area (Å²) in [5, 5.41) is 0. The number of rotatable bonds is 2. The molecule has 0 aromatic heterocycles. The fraction of sp³-hybridized carbons (Fsp3) is 0.316. The van der Waals surface area contributed by atoms with Crippen molar-refractivity contribution in [2.75, 3.05) is 0 Å². The lowest BCUT2D eigenvalue weighted by atomic mass is 9.85. The molecular formula is C19H19F3O. The fourth-order valence-electron chi connectivity index (χ4n) is 2.90. The summed E-state index contributed by atoms with van der Waals surface area (Å²) in [6.07, 6.45) is -4.55. The molecule has 0 atom stereocenters. The van der Waals surface area contributed by atoms with Crippen LogP contribution in [0.4, 0.5) is 13.2 Å². The average molecular weight is 320 g/mol. The molecule has 0 bridgehead atoms. The van der Waals surface area contributed by atoms with Crippen LogP contribution in [-0.2, 0) is 6.18 Å². The number of carbonyl (C=O) groups excluding carboxylic acids is 1. The molecule has 0 aliphatic heterocycles. The lowest BCUT2D eigenvalue weighted by Gasteiger charge is -2.19. The molecular weight excluding hydrogens is 301 g/mol. The minimum absolute atomic E-state index is 0.297. The maximum atomic E-state index is 13.2. The number of hydrogen-bond acceptors (Lipinski definition) is 1. The van der Waals surface area contributed by atoms with Crippen LogP contribution < -0.4 is 0 Å². The Balaban J connectivity index is 2.74. The summed E-state index contributed by atoms with van der Waals surface area (Å²) in [5.74, 6) is -0.570. The zero-order chi connectivity index (χ0) is 17.5. The summed E-state index contributed by atoms with van der Waals surface area (Å²) >= 11 is 0. The van der Waals surface area contributed by atoms with Gasteiger partial charge in [-0.2, -0.15) is 13.2 Å². The molecule has 1 nitrogen and oxygen atoms in total. The van der Waals surface area contributed by atoms with Gasteiger partial charge in [-0.15, -0.1) is 0 Å². The van der Waals surface area contributed by atoms with Gasteiger partial charge in [0.25, 0.3) is 0 Å².